The van der Waals surface area contributed by atoms with Crippen molar-refractivity contribution in [1.29, 1.82) is 0 Å². The summed E-state index contributed by atoms with van der Waals surface area (Å²) in [5, 5.41) is 3.88. The van der Waals surface area contributed by atoms with E-state index in [2.05, 4.69) is 26.5 Å². The van der Waals surface area contributed by atoms with Gasteiger partial charge in [-0.1, -0.05) is 24.3 Å². The van der Waals surface area contributed by atoms with Crippen molar-refractivity contribution >= 4 is 28.1 Å². The van der Waals surface area contributed by atoms with Crippen LogP contribution in [0, 0.1) is 0 Å². The van der Waals surface area contributed by atoms with Gasteiger partial charge in [0.25, 0.3) is 5.91 Å². The molecule has 0 fully saturated rings. The van der Waals surface area contributed by atoms with Gasteiger partial charge in [-0.05, 0) is 45.8 Å². The Bertz CT molecular complexity index is 674. The van der Waals surface area contributed by atoms with Crippen LogP contribution in [0.5, 0.6) is 11.5 Å². The number of rotatable bonds is 6. The highest BCUT2D eigenvalue weighted by Gasteiger charge is 2.03. The van der Waals surface area contributed by atoms with Crippen LogP contribution in [-0.2, 0) is 4.79 Å². The molecule has 0 saturated heterocycles. The number of amides is 1. The van der Waals surface area contributed by atoms with Crippen molar-refractivity contribution in [2.24, 2.45) is 5.10 Å². The summed E-state index contributed by atoms with van der Waals surface area (Å²) in [7, 11) is 1.59. The van der Waals surface area contributed by atoms with Crippen molar-refractivity contribution in [2.45, 2.75) is 0 Å². The molecule has 0 heterocycles. The number of nitrogens with one attached hydrogen (secondary N) is 1. The van der Waals surface area contributed by atoms with Crippen molar-refractivity contribution in [2.75, 3.05) is 13.7 Å². The molecule has 0 unspecified atom stereocenters. The number of nitrogens with zero attached hydrogens (tertiary/aromatic N) is 1. The Kier molecular flexibility index (Phi) is 5.97. The molecule has 0 atom stereocenters. The summed E-state index contributed by atoms with van der Waals surface area (Å²) in [4.78, 5) is 11.7. The van der Waals surface area contributed by atoms with Gasteiger partial charge in [0.1, 0.15) is 11.5 Å². The predicted octanol–water partition coefficient (Wildman–Crippen LogP) is 2.99. The lowest BCUT2D eigenvalue weighted by Crippen LogP contribution is -2.24. The van der Waals surface area contributed by atoms with Gasteiger partial charge < -0.3 is 9.47 Å². The van der Waals surface area contributed by atoms with E-state index in [1.165, 1.54) is 0 Å². The number of carbonyl (C=O) groups excluding carboxylic acids is 1. The molecule has 2 aromatic carbocycles. The molecule has 0 aliphatic heterocycles. The molecule has 1 N–H and O–H groups in total. The van der Waals surface area contributed by atoms with Crippen LogP contribution in [-0.4, -0.2) is 25.8 Å². The molecule has 5 nitrogen and oxygen atoms in total. The highest BCUT2D eigenvalue weighted by molar-refractivity contribution is 9.10. The quantitative estimate of drug-likeness (QED) is 0.634. The molecule has 6 heteroatoms. The fraction of sp³-hybridized carbons (Fsp3) is 0.125. The zero-order valence-corrected chi connectivity index (χ0v) is 13.5. The SMILES string of the molecule is COc1cccc(/C=N/NC(=O)COc2ccccc2Br)c1. The van der Waals surface area contributed by atoms with Gasteiger partial charge in [-0.25, -0.2) is 5.43 Å². The van der Waals surface area contributed by atoms with Crippen molar-refractivity contribution in [3.63, 3.8) is 0 Å². The average Bonchev–Trinajstić information content (AvgIpc) is 2.54. The van der Waals surface area contributed by atoms with E-state index in [1.54, 1.807) is 19.4 Å². The van der Waals surface area contributed by atoms with Gasteiger partial charge in [-0.2, -0.15) is 5.10 Å². The third-order valence-electron chi connectivity index (χ3n) is 2.69. The first-order valence-corrected chi connectivity index (χ1v) is 7.31. The maximum absolute atomic E-state index is 11.7. The van der Waals surface area contributed by atoms with E-state index in [0.717, 1.165) is 15.8 Å². The van der Waals surface area contributed by atoms with E-state index >= 15 is 0 Å². The molecular weight excluding hydrogens is 348 g/mol. The number of ether oxygens (including phenoxy) is 2. The van der Waals surface area contributed by atoms with Gasteiger partial charge in [0, 0.05) is 0 Å². The number of benzene rings is 2. The second-order valence-corrected chi connectivity index (χ2v) is 5.14. The Balaban J connectivity index is 1.82. The second kappa shape index (κ2) is 8.19. The van der Waals surface area contributed by atoms with Crippen molar-refractivity contribution < 1.29 is 14.3 Å². The molecule has 0 spiro atoms. The van der Waals surface area contributed by atoms with Crippen molar-refractivity contribution in [1.82, 2.24) is 5.43 Å². The molecule has 0 bridgehead atoms. The van der Waals surface area contributed by atoms with Crippen LogP contribution in [0.25, 0.3) is 0 Å². The number of carbonyl (C=O) groups is 1. The van der Waals surface area contributed by atoms with E-state index in [1.807, 2.05) is 42.5 Å². The summed E-state index contributed by atoms with van der Waals surface area (Å²) in [6.45, 7) is -0.113. The highest BCUT2D eigenvalue weighted by Crippen LogP contribution is 2.23. The first-order valence-electron chi connectivity index (χ1n) is 6.52. The van der Waals surface area contributed by atoms with Crippen LogP contribution in [0.2, 0.25) is 0 Å². The van der Waals surface area contributed by atoms with Crippen LogP contribution in [0.15, 0.2) is 58.1 Å². The molecule has 0 aliphatic rings. The number of halogens is 1. The topological polar surface area (TPSA) is 59.9 Å². The zero-order chi connectivity index (χ0) is 15.8. The third-order valence-corrected chi connectivity index (χ3v) is 3.35. The fourth-order valence-electron chi connectivity index (χ4n) is 1.64. The molecule has 2 aromatic rings. The van der Waals surface area contributed by atoms with E-state index in [0.29, 0.717) is 5.75 Å². The summed E-state index contributed by atoms with van der Waals surface area (Å²) in [5.74, 6) is 0.997. The minimum atomic E-state index is -0.338. The lowest BCUT2D eigenvalue weighted by molar-refractivity contribution is -0.123. The normalized spacial score (nSPS) is 10.5. The van der Waals surface area contributed by atoms with Gasteiger partial charge in [0.2, 0.25) is 0 Å². The molecule has 22 heavy (non-hydrogen) atoms. The molecule has 2 rings (SSSR count). The van der Waals surface area contributed by atoms with Crippen molar-refractivity contribution in [3.05, 3.63) is 58.6 Å². The Morgan fingerprint density at radius 2 is 2.09 bits per heavy atom. The zero-order valence-electron chi connectivity index (χ0n) is 12.0. The van der Waals surface area contributed by atoms with Crippen LogP contribution in [0.3, 0.4) is 0 Å². The van der Waals surface area contributed by atoms with E-state index in [-0.39, 0.29) is 12.5 Å². The Labute approximate surface area is 137 Å². The van der Waals surface area contributed by atoms with Gasteiger partial charge in [0.15, 0.2) is 6.61 Å². The van der Waals surface area contributed by atoms with Crippen LogP contribution in [0.1, 0.15) is 5.56 Å². The number of para-hydroxylation sites is 1. The number of hydrogen-bond donors (Lipinski definition) is 1. The van der Waals surface area contributed by atoms with Crippen LogP contribution >= 0.6 is 15.9 Å². The summed E-state index contributed by atoms with van der Waals surface area (Å²) < 4.78 is 11.3. The molecule has 114 valence electrons. The molecule has 0 saturated carbocycles. The molecule has 0 aliphatic carbocycles. The molecule has 1 amide bonds. The third kappa shape index (κ3) is 4.89. The lowest BCUT2D eigenvalue weighted by atomic mass is 10.2. The fourth-order valence-corrected chi connectivity index (χ4v) is 2.04. The van der Waals surface area contributed by atoms with Gasteiger partial charge >= 0.3 is 0 Å². The smallest absolute Gasteiger partial charge is 0.277 e. The number of methoxy groups -OCH3 is 1. The summed E-state index contributed by atoms with van der Waals surface area (Å²) in [6.07, 6.45) is 1.54. The average molecular weight is 363 g/mol. The summed E-state index contributed by atoms with van der Waals surface area (Å²) >= 11 is 3.35. The second-order valence-electron chi connectivity index (χ2n) is 4.29. The molecule has 0 radical (unpaired) electrons. The van der Waals surface area contributed by atoms with Crippen molar-refractivity contribution in [3.8, 4) is 11.5 Å². The molecule has 0 aromatic heterocycles. The van der Waals surface area contributed by atoms with E-state index in [9.17, 15) is 4.79 Å². The standard InChI is InChI=1S/C16H15BrN2O3/c1-21-13-6-4-5-12(9-13)10-18-19-16(20)11-22-15-8-3-2-7-14(15)17/h2-10H,11H2,1H3,(H,19,20)/b18-10+. The van der Waals surface area contributed by atoms with E-state index < -0.39 is 0 Å². The Morgan fingerprint density at radius 1 is 1.27 bits per heavy atom. The highest BCUT2D eigenvalue weighted by atomic mass is 79.9. The number of hydrazone groups is 1. The van der Waals surface area contributed by atoms with Gasteiger partial charge in [-0.15, -0.1) is 0 Å². The maximum atomic E-state index is 11.7. The predicted molar refractivity (Wildman–Crippen MR) is 88.4 cm³/mol. The minimum Gasteiger partial charge on any atom is -0.497 e. The minimum absolute atomic E-state index is 0.113. The first-order chi connectivity index (χ1) is 10.7. The summed E-state index contributed by atoms with van der Waals surface area (Å²) in [6, 6.07) is 14.7. The molecular formula is C16H15BrN2O3. The Morgan fingerprint density at radius 3 is 2.86 bits per heavy atom. The first kappa shape index (κ1) is 16.0. The summed E-state index contributed by atoms with van der Waals surface area (Å²) in [5.41, 5.74) is 3.23. The van der Waals surface area contributed by atoms with Gasteiger partial charge in [0.05, 0.1) is 17.8 Å². The van der Waals surface area contributed by atoms with Crippen LogP contribution < -0.4 is 14.9 Å². The Hall–Kier alpha value is -2.34. The largest absolute Gasteiger partial charge is 0.497 e. The van der Waals surface area contributed by atoms with Crippen LogP contribution in [0.4, 0.5) is 0 Å². The number of hydrogen-bond acceptors (Lipinski definition) is 4. The van der Waals surface area contributed by atoms with Gasteiger partial charge in [-0.3, -0.25) is 4.79 Å². The monoisotopic (exact) mass is 362 g/mol. The lowest BCUT2D eigenvalue weighted by Gasteiger charge is -2.06. The van der Waals surface area contributed by atoms with E-state index in [4.69, 9.17) is 9.47 Å². The maximum Gasteiger partial charge on any atom is 0.277 e.